The predicted molar refractivity (Wildman–Crippen MR) is 152 cm³/mol. The van der Waals surface area contributed by atoms with E-state index in [0.717, 1.165) is 38.8 Å². The second kappa shape index (κ2) is 12.3. The van der Waals surface area contributed by atoms with Gasteiger partial charge in [0.1, 0.15) is 5.75 Å². The third-order valence-electron chi connectivity index (χ3n) is 6.63. The van der Waals surface area contributed by atoms with Gasteiger partial charge >= 0.3 is 0 Å². The van der Waals surface area contributed by atoms with E-state index in [4.69, 9.17) is 4.74 Å². The summed E-state index contributed by atoms with van der Waals surface area (Å²) in [4.78, 5) is 39.5. The molecule has 0 spiro atoms. The van der Waals surface area contributed by atoms with Crippen molar-refractivity contribution in [2.24, 2.45) is 5.92 Å². The van der Waals surface area contributed by atoms with Crippen molar-refractivity contribution in [1.29, 1.82) is 0 Å². The van der Waals surface area contributed by atoms with E-state index in [-0.39, 0.29) is 30.7 Å². The lowest BCUT2D eigenvalue weighted by molar-refractivity contribution is -0.126. The number of amides is 3. The average molecular weight is 579 g/mol. The van der Waals surface area contributed by atoms with Crippen LogP contribution in [-0.4, -0.2) is 30.9 Å². The molecule has 0 radical (unpaired) electrons. The molecular formula is C30H32BrN3O4. The van der Waals surface area contributed by atoms with Gasteiger partial charge in [0.15, 0.2) is 6.61 Å². The van der Waals surface area contributed by atoms with Gasteiger partial charge in [-0.25, -0.2) is 0 Å². The summed E-state index contributed by atoms with van der Waals surface area (Å²) in [5.41, 5.74) is 5.71. The predicted octanol–water partition coefficient (Wildman–Crippen LogP) is 5.32. The van der Waals surface area contributed by atoms with Gasteiger partial charge in [0.05, 0.1) is 5.92 Å². The Kier molecular flexibility index (Phi) is 8.84. The fraction of sp³-hybridized carbons (Fsp3) is 0.300. The van der Waals surface area contributed by atoms with Crippen LogP contribution in [0.4, 0.5) is 11.4 Å². The molecule has 1 atom stereocenters. The number of carbonyl (C=O) groups excluding carboxylic acids is 3. The number of aryl methyl sites for hydroxylation is 3. The Bertz CT molecular complexity index is 1320. The van der Waals surface area contributed by atoms with E-state index in [1.807, 2.05) is 57.2 Å². The highest BCUT2D eigenvalue weighted by Gasteiger charge is 2.35. The summed E-state index contributed by atoms with van der Waals surface area (Å²) in [5, 5.41) is 5.89. The SMILES string of the molecule is CCc1cc(Br)cc(C)c1NC(=O)COc1ccc(N2C[C@@H](C(=O)NCc3ccc(C)cc3)CC2=O)cc1. The molecule has 3 aromatic rings. The van der Waals surface area contributed by atoms with Crippen LogP contribution in [0.5, 0.6) is 5.75 Å². The summed E-state index contributed by atoms with van der Waals surface area (Å²) >= 11 is 3.50. The number of rotatable bonds is 9. The van der Waals surface area contributed by atoms with Gasteiger partial charge in [0.25, 0.3) is 5.91 Å². The van der Waals surface area contributed by atoms with Gasteiger partial charge in [-0.2, -0.15) is 0 Å². The fourth-order valence-electron chi connectivity index (χ4n) is 4.49. The van der Waals surface area contributed by atoms with E-state index >= 15 is 0 Å². The minimum absolute atomic E-state index is 0.0925. The molecule has 0 saturated carbocycles. The quantitative estimate of drug-likeness (QED) is 0.360. The highest BCUT2D eigenvalue weighted by atomic mass is 79.9. The number of ether oxygens (including phenoxy) is 1. The van der Waals surface area contributed by atoms with Crippen LogP contribution >= 0.6 is 15.9 Å². The molecule has 0 bridgehead atoms. The van der Waals surface area contributed by atoms with Crippen LogP contribution in [0.15, 0.2) is 65.1 Å². The van der Waals surface area contributed by atoms with E-state index in [1.165, 1.54) is 0 Å². The number of nitrogens with one attached hydrogen (secondary N) is 2. The lowest BCUT2D eigenvalue weighted by Gasteiger charge is -2.17. The molecule has 0 aromatic heterocycles. The van der Waals surface area contributed by atoms with Crippen molar-refractivity contribution in [3.63, 3.8) is 0 Å². The zero-order valence-corrected chi connectivity index (χ0v) is 23.4. The molecule has 1 fully saturated rings. The van der Waals surface area contributed by atoms with Crippen molar-refractivity contribution in [1.82, 2.24) is 5.32 Å². The molecule has 198 valence electrons. The molecule has 38 heavy (non-hydrogen) atoms. The van der Waals surface area contributed by atoms with Gasteiger partial charge in [0, 0.05) is 35.4 Å². The van der Waals surface area contributed by atoms with E-state index in [9.17, 15) is 14.4 Å². The van der Waals surface area contributed by atoms with Gasteiger partial charge in [-0.3, -0.25) is 14.4 Å². The molecule has 0 aliphatic carbocycles. The first-order valence-corrected chi connectivity index (χ1v) is 13.5. The van der Waals surface area contributed by atoms with Gasteiger partial charge in [-0.1, -0.05) is 52.7 Å². The van der Waals surface area contributed by atoms with Crippen LogP contribution < -0.4 is 20.3 Å². The highest BCUT2D eigenvalue weighted by Crippen LogP contribution is 2.28. The van der Waals surface area contributed by atoms with Crippen molar-refractivity contribution in [3.05, 3.63) is 87.4 Å². The van der Waals surface area contributed by atoms with Gasteiger partial charge in [-0.15, -0.1) is 0 Å². The summed E-state index contributed by atoms with van der Waals surface area (Å²) in [6.45, 7) is 6.64. The Hall–Kier alpha value is -3.65. The number of nitrogens with zero attached hydrogens (tertiary/aromatic N) is 1. The fourth-order valence-corrected chi connectivity index (χ4v) is 5.11. The molecule has 3 aromatic carbocycles. The first-order valence-electron chi connectivity index (χ1n) is 12.7. The number of hydrogen-bond donors (Lipinski definition) is 2. The summed E-state index contributed by atoms with van der Waals surface area (Å²) in [5.74, 6) is -0.345. The Balaban J connectivity index is 1.29. The van der Waals surface area contributed by atoms with Crippen molar-refractivity contribution in [2.45, 2.75) is 40.2 Å². The molecule has 1 aliphatic rings. The zero-order valence-electron chi connectivity index (χ0n) is 21.8. The maximum atomic E-state index is 12.7. The number of carbonyl (C=O) groups is 3. The van der Waals surface area contributed by atoms with Gasteiger partial charge in [0.2, 0.25) is 11.8 Å². The van der Waals surface area contributed by atoms with E-state index in [2.05, 4.69) is 26.6 Å². The average Bonchev–Trinajstić information content (AvgIpc) is 3.30. The molecule has 3 amide bonds. The molecule has 1 aliphatic heterocycles. The Morgan fingerprint density at radius 1 is 1.05 bits per heavy atom. The van der Waals surface area contributed by atoms with Gasteiger partial charge in [-0.05, 0) is 73.4 Å². The van der Waals surface area contributed by atoms with Crippen LogP contribution in [0.3, 0.4) is 0 Å². The highest BCUT2D eigenvalue weighted by molar-refractivity contribution is 9.10. The molecule has 8 heteroatoms. The van der Waals surface area contributed by atoms with Crippen molar-refractivity contribution < 1.29 is 19.1 Å². The van der Waals surface area contributed by atoms with Crippen LogP contribution in [-0.2, 0) is 27.3 Å². The zero-order chi connectivity index (χ0) is 27.2. The largest absolute Gasteiger partial charge is 0.484 e. The molecular weight excluding hydrogens is 546 g/mol. The minimum atomic E-state index is -0.400. The Morgan fingerprint density at radius 2 is 1.76 bits per heavy atom. The van der Waals surface area contributed by atoms with E-state index in [0.29, 0.717) is 24.5 Å². The van der Waals surface area contributed by atoms with Crippen molar-refractivity contribution in [3.8, 4) is 5.75 Å². The standard InChI is InChI=1S/C30H32BrN3O4/c1-4-22-14-24(31)13-20(3)29(22)33-27(35)18-38-26-11-9-25(10-12-26)34-17-23(15-28(34)36)30(37)32-16-21-7-5-19(2)6-8-21/h5-14,23H,4,15-18H2,1-3H3,(H,32,37)(H,33,35)/t23-/m0/s1. The molecule has 4 rings (SSSR count). The number of hydrogen-bond acceptors (Lipinski definition) is 4. The maximum Gasteiger partial charge on any atom is 0.262 e. The molecule has 2 N–H and O–H groups in total. The van der Waals surface area contributed by atoms with Crippen molar-refractivity contribution >= 4 is 45.0 Å². The number of halogens is 1. The topological polar surface area (TPSA) is 87.7 Å². The van der Waals surface area contributed by atoms with E-state index < -0.39 is 5.92 Å². The van der Waals surface area contributed by atoms with Crippen LogP contribution in [0.2, 0.25) is 0 Å². The summed E-state index contributed by atoms with van der Waals surface area (Å²) in [6, 6.07) is 18.9. The molecule has 1 saturated heterocycles. The lowest BCUT2D eigenvalue weighted by Crippen LogP contribution is -2.32. The third kappa shape index (κ3) is 6.81. The first kappa shape index (κ1) is 27.4. The molecule has 1 heterocycles. The minimum Gasteiger partial charge on any atom is -0.484 e. The summed E-state index contributed by atoms with van der Waals surface area (Å²) in [7, 11) is 0. The van der Waals surface area contributed by atoms with Crippen LogP contribution in [0.25, 0.3) is 0 Å². The Labute approximate surface area is 231 Å². The Morgan fingerprint density at radius 3 is 2.45 bits per heavy atom. The number of benzene rings is 3. The van der Waals surface area contributed by atoms with Crippen LogP contribution in [0.1, 0.15) is 35.6 Å². The van der Waals surface area contributed by atoms with Crippen LogP contribution in [0, 0.1) is 19.8 Å². The number of anilines is 2. The second-order valence-corrected chi connectivity index (χ2v) is 10.5. The normalized spacial score (nSPS) is 14.9. The molecule has 7 nitrogen and oxygen atoms in total. The maximum absolute atomic E-state index is 12.7. The van der Waals surface area contributed by atoms with Crippen molar-refractivity contribution in [2.75, 3.05) is 23.4 Å². The summed E-state index contributed by atoms with van der Waals surface area (Å²) in [6.07, 6.45) is 0.968. The third-order valence-corrected chi connectivity index (χ3v) is 7.09. The first-order chi connectivity index (χ1) is 18.2. The lowest BCUT2D eigenvalue weighted by atomic mass is 10.1. The van der Waals surface area contributed by atoms with Gasteiger partial charge < -0.3 is 20.3 Å². The second-order valence-electron chi connectivity index (χ2n) is 9.55. The van der Waals surface area contributed by atoms with E-state index in [1.54, 1.807) is 29.2 Å². The summed E-state index contributed by atoms with van der Waals surface area (Å²) < 4.78 is 6.65. The smallest absolute Gasteiger partial charge is 0.262 e. The monoisotopic (exact) mass is 577 g/mol. The molecule has 0 unspecified atom stereocenters.